The topological polar surface area (TPSA) is 51.0 Å². The van der Waals surface area contributed by atoms with Crippen LogP contribution in [0.25, 0.3) is 10.9 Å². The fraction of sp³-hybridized carbons (Fsp3) is 0.235. The number of carbonyl (C=O) groups excluding carboxylic acids is 1. The lowest BCUT2D eigenvalue weighted by Gasteiger charge is -2.17. The lowest BCUT2D eigenvalue weighted by Crippen LogP contribution is -2.30. The number of fused-ring (bicyclic) bond motifs is 1. The summed E-state index contributed by atoms with van der Waals surface area (Å²) in [7, 11) is 0. The van der Waals surface area contributed by atoms with E-state index in [1.165, 1.54) is 4.90 Å². The van der Waals surface area contributed by atoms with E-state index in [9.17, 15) is 13.6 Å². The molecule has 1 fully saturated rings. The monoisotopic (exact) mass is 328 g/mol. The van der Waals surface area contributed by atoms with Crippen molar-refractivity contribution >= 4 is 16.8 Å². The quantitative estimate of drug-likeness (QED) is 0.727. The number of para-hydroxylation sites is 1. The summed E-state index contributed by atoms with van der Waals surface area (Å²) in [5.41, 5.74) is 0.658. The van der Waals surface area contributed by atoms with Gasteiger partial charge in [0.2, 0.25) is 0 Å². The highest BCUT2D eigenvalue weighted by Gasteiger charge is 2.31. The zero-order valence-electron chi connectivity index (χ0n) is 12.7. The number of hydrogen-bond acceptors (Lipinski definition) is 3. The van der Waals surface area contributed by atoms with E-state index in [1.54, 1.807) is 6.20 Å². The summed E-state index contributed by atoms with van der Waals surface area (Å²) >= 11 is 0. The predicted molar refractivity (Wildman–Crippen MR) is 83.4 cm³/mol. The fourth-order valence-electron chi connectivity index (χ4n) is 3.13. The lowest BCUT2D eigenvalue weighted by molar-refractivity contribution is 0.0776. The SMILES string of the molecule is O=C(c1ncc(F)cc1F)N1CC[C@H](n2ncc3ccccc32)C1. The Hall–Kier alpha value is -2.83. The molecule has 0 unspecified atom stereocenters. The summed E-state index contributed by atoms with van der Waals surface area (Å²) in [4.78, 5) is 17.6. The maximum Gasteiger partial charge on any atom is 0.275 e. The first-order valence-corrected chi connectivity index (χ1v) is 7.66. The van der Waals surface area contributed by atoms with E-state index >= 15 is 0 Å². The van der Waals surface area contributed by atoms with E-state index in [2.05, 4.69) is 10.1 Å². The number of amides is 1. The van der Waals surface area contributed by atoms with Gasteiger partial charge in [0, 0.05) is 24.5 Å². The summed E-state index contributed by atoms with van der Waals surface area (Å²) in [6, 6.07) is 8.55. The number of carbonyl (C=O) groups is 1. The highest BCUT2D eigenvalue weighted by atomic mass is 19.1. The normalized spacial score (nSPS) is 17.6. The van der Waals surface area contributed by atoms with Gasteiger partial charge in [0.1, 0.15) is 5.82 Å². The van der Waals surface area contributed by atoms with Crippen molar-refractivity contribution in [1.82, 2.24) is 19.7 Å². The Morgan fingerprint density at radius 3 is 2.88 bits per heavy atom. The maximum absolute atomic E-state index is 13.8. The van der Waals surface area contributed by atoms with E-state index in [0.29, 0.717) is 19.2 Å². The first-order chi connectivity index (χ1) is 11.6. The second-order valence-corrected chi connectivity index (χ2v) is 5.83. The molecular weight excluding hydrogens is 314 g/mol. The standard InChI is InChI=1S/C17H14F2N4O/c18-12-7-14(19)16(20-9-12)17(24)22-6-5-13(10-22)23-15-4-2-1-3-11(15)8-21-23/h1-4,7-9,13H,5-6,10H2/t13-/m0/s1. The molecule has 4 rings (SSSR count). The molecule has 7 heteroatoms. The molecule has 1 amide bonds. The molecule has 0 bridgehead atoms. The molecule has 5 nitrogen and oxygen atoms in total. The van der Waals surface area contributed by atoms with Crippen molar-refractivity contribution in [2.24, 2.45) is 0 Å². The summed E-state index contributed by atoms with van der Waals surface area (Å²) < 4.78 is 28.6. The lowest BCUT2D eigenvalue weighted by atomic mass is 10.2. The molecular formula is C17H14F2N4O. The Bertz CT molecular complexity index is 924. The molecule has 1 atom stereocenters. The Morgan fingerprint density at radius 1 is 1.21 bits per heavy atom. The Morgan fingerprint density at radius 2 is 2.04 bits per heavy atom. The maximum atomic E-state index is 13.8. The average Bonchev–Trinajstić information content (AvgIpc) is 3.21. The molecule has 122 valence electrons. The second kappa shape index (κ2) is 5.67. The van der Waals surface area contributed by atoms with E-state index in [1.807, 2.05) is 28.9 Å². The van der Waals surface area contributed by atoms with E-state index in [-0.39, 0.29) is 11.7 Å². The van der Waals surface area contributed by atoms with E-state index in [0.717, 1.165) is 23.5 Å². The Balaban J connectivity index is 1.57. The van der Waals surface area contributed by atoms with Gasteiger partial charge in [0.15, 0.2) is 11.5 Å². The molecule has 0 saturated carbocycles. The van der Waals surface area contributed by atoms with Gasteiger partial charge in [-0.3, -0.25) is 9.48 Å². The molecule has 1 aliphatic rings. The van der Waals surface area contributed by atoms with Crippen LogP contribution in [0.4, 0.5) is 8.78 Å². The summed E-state index contributed by atoms with van der Waals surface area (Å²) in [6.07, 6.45) is 3.37. The number of likely N-dealkylation sites (tertiary alicyclic amines) is 1. The first kappa shape index (κ1) is 14.7. The van der Waals surface area contributed by atoms with Gasteiger partial charge < -0.3 is 4.90 Å². The van der Waals surface area contributed by atoms with Crippen LogP contribution in [0.3, 0.4) is 0 Å². The van der Waals surface area contributed by atoms with Gasteiger partial charge in [0.05, 0.1) is 24.0 Å². The van der Waals surface area contributed by atoms with Crippen LogP contribution >= 0.6 is 0 Å². The Kier molecular flexibility index (Phi) is 3.48. The smallest absolute Gasteiger partial charge is 0.275 e. The third-order valence-electron chi connectivity index (χ3n) is 4.31. The number of pyridine rings is 1. The Labute approximate surface area is 136 Å². The largest absolute Gasteiger partial charge is 0.335 e. The molecule has 1 aliphatic heterocycles. The molecule has 0 aliphatic carbocycles. The van der Waals surface area contributed by atoms with Crippen LogP contribution in [0.5, 0.6) is 0 Å². The molecule has 0 spiro atoms. The molecule has 24 heavy (non-hydrogen) atoms. The zero-order valence-corrected chi connectivity index (χ0v) is 12.7. The van der Waals surface area contributed by atoms with Gasteiger partial charge in [-0.25, -0.2) is 13.8 Å². The molecule has 2 aromatic heterocycles. The van der Waals surface area contributed by atoms with Crippen molar-refractivity contribution in [2.45, 2.75) is 12.5 Å². The van der Waals surface area contributed by atoms with E-state index in [4.69, 9.17) is 0 Å². The minimum Gasteiger partial charge on any atom is -0.335 e. The van der Waals surface area contributed by atoms with Gasteiger partial charge >= 0.3 is 0 Å². The first-order valence-electron chi connectivity index (χ1n) is 7.66. The molecule has 3 aromatic rings. The number of rotatable bonds is 2. The third kappa shape index (κ3) is 2.42. The molecule has 1 aromatic carbocycles. The van der Waals surface area contributed by atoms with Crippen LogP contribution in [0, 0.1) is 11.6 Å². The number of benzene rings is 1. The van der Waals surface area contributed by atoms with Crippen LogP contribution in [-0.2, 0) is 0 Å². The van der Waals surface area contributed by atoms with Crippen LogP contribution in [-0.4, -0.2) is 38.7 Å². The molecule has 0 radical (unpaired) electrons. The average molecular weight is 328 g/mol. The number of nitrogens with zero attached hydrogens (tertiary/aromatic N) is 4. The predicted octanol–water partition coefficient (Wildman–Crippen LogP) is 2.80. The van der Waals surface area contributed by atoms with Gasteiger partial charge in [0.25, 0.3) is 5.91 Å². The van der Waals surface area contributed by atoms with Crippen molar-refractivity contribution in [3.8, 4) is 0 Å². The highest BCUT2D eigenvalue weighted by molar-refractivity contribution is 5.92. The van der Waals surface area contributed by atoms with Crippen molar-refractivity contribution in [3.63, 3.8) is 0 Å². The third-order valence-corrected chi connectivity index (χ3v) is 4.31. The summed E-state index contributed by atoms with van der Waals surface area (Å²) in [5.74, 6) is -2.26. The number of hydrogen-bond donors (Lipinski definition) is 0. The van der Waals surface area contributed by atoms with Crippen molar-refractivity contribution in [1.29, 1.82) is 0 Å². The fourth-order valence-corrected chi connectivity index (χ4v) is 3.13. The number of halogens is 2. The zero-order chi connectivity index (χ0) is 16.7. The van der Waals surface area contributed by atoms with Crippen LogP contribution in [0.2, 0.25) is 0 Å². The number of aromatic nitrogens is 3. The van der Waals surface area contributed by atoms with Crippen LogP contribution < -0.4 is 0 Å². The highest BCUT2D eigenvalue weighted by Crippen LogP contribution is 2.26. The minimum atomic E-state index is -0.937. The summed E-state index contributed by atoms with van der Waals surface area (Å²) in [5, 5.41) is 5.45. The van der Waals surface area contributed by atoms with Gasteiger partial charge in [-0.2, -0.15) is 5.10 Å². The van der Waals surface area contributed by atoms with Gasteiger partial charge in [-0.05, 0) is 12.5 Å². The molecule has 0 N–H and O–H groups in total. The van der Waals surface area contributed by atoms with Crippen molar-refractivity contribution in [2.75, 3.05) is 13.1 Å². The second-order valence-electron chi connectivity index (χ2n) is 5.83. The van der Waals surface area contributed by atoms with E-state index < -0.39 is 17.5 Å². The molecule has 3 heterocycles. The van der Waals surface area contributed by atoms with Gasteiger partial charge in [-0.1, -0.05) is 18.2 Å². The van der Waals surface area contributed by atoms with Crippen LogP contribution in [0.1, 0.15) is 23.0 Å². The van der Waals surface area contributed by atoms with Crippen molar-refractivity contribution in [3.05, 3.63) is 60.1 Å². The summed E-state index contributed by atoms with van der Waals surface area (Å²) in [6.45, 7) is 0.902. The molecule has 1 saturated heterocycles. The van der Waals surface area contributed by atoms with Crippen LogP contribution in [0.15, 0.2) is 42.7 Å². The van der Waals surface area contributed by atoms with Gasteiger partial charge in [-0.15, -0.1) is 0 Å². The van der Waals surface area contributed by atoms with Crippen molar-refractivity contribution < 1.29 is 13.6 Å². The minimum absolute atomic E-state index is 0.0253.